The van der Waals surface area contributed by atoms with E-state index in [9.17, 15) is 4.79 Å². The fraction of sp³-hybridized carbons (Fsp3) is 0.300. The van der Waals surface area contributed by atoms with Crippen LogP contribution in [0.25, 0.3) is 0 Å². The average Bonchev–Trinajstić information content (AvgIpc) is 2.18. The minimum Gasteiger partial charge on any atom is -0.368 e. The summed E-state index contributed by atoms with van der Waals surface area (Å²) >= 11 is 1.71. The Morgan fingerprint density at radius 1 is 1.38 bits per heavy atom. The molecular formula is C10H13NOS. The fourth-order valence-corrected chi connectivity index (χ4v) is 1.46. The number of anilines is 1. The molecule has 13 heavy (non-hydrogen) atoms. The number of nitrogens with zero attached hydrogens (tertiary/aromatic N) is 1. The highest BCUT2D eigenvalue weighted by Crippen LogP contribution is 2.19. The third kappa shape index (κ3) is 2.77. The molecule has 0 aliphatic heterocycles. The number of aldehydes is 1. The normalized spacial score (nSPS) is 9.69. The number of hydrogen-bond donors (Lipinski definition) is 0. The quantitative estimate of drug-likeness (QED) is 0.541. The van der Waals surface area contributed by atoms with Crippen LogP contribution in [-0.4, -0.2) is 26.1 Å². The Hall–Kier alpha value is -0.960. The summed E-state index contributed by atoms with van der Waals surface area (Å²) in [6, 6.07) is 8.16. The van der Waals surface area contributed by atoms with Crippen molar-refractivity contribution in [2.24, 2.45) is 0 Å². The number of rotatable bonds is 4. The van der Waals surface area contributed by atoms with Crippen molar-refractivity contribution in [1.82, 2.24) is 0 Å². The molecule has 3 heteroatoms. The number of carbonyl (C=O) groups is 1. The second-order valence-electron chi connectivity index (χ2n) is 2.75. The first-order valence-electron chi connectivity index (χ1n) is 4.06. The molecule has 0 heterocycles. The maximum absolute atomic E-state index is 10.3. The third-order valence-electron chi connectivity index (χ3n) is 1.86. The van der Waals surface area contributed by atoms with Crippen molar-refractivity contribution in [2.45, 2.75) is 4.90 Å². The summed E-state index contributed by atoms with van der Waals surface area (Å²) in [5.74, 6) is 0. The van der Waals surface area contributed by atoms with E-state index in [1.165, 1.54) is 4.90 Å². The van der Waals surface area contributed by atoms with Gasteiger partial charge in [-0.1, -0.05) is 0 Å². The van der Waals surface area contributed by atoms with Gasteiger partial charge in [0.25, 0.3) is 0 Å². The summed E-state index contributed by atoms with van der Waals surface area (Å²) in [5, 5.41) is 0. The predicted octanol–water partition coefficient (Wildman–Crippen LogP) is 2.04. The van der Waals surface area contributed by atoms with Crippen molar-refractivity contribution < 1.29 is 4.79 Å². The van der Waals surface area contributed by atoms with Crippen LogP contribution >= 0.6 is 11.8 Å². The molecule has 1 rings (SSSR count). The highest BCUT2D eigenvalue weighted by Gasteiger charge is 1.98. The predicted molar refractivity (Wildman–Crippen MR) is 57.6 cm³/mol. The molecule has 2 nitrogen and oxygen atoms in total. The highest BCUT2D eigenvalue weighted by molar-refractivity contribution is 7.98. The lowest BCUT2D eigenvalue weighted by Gasteiger charge is -2.15. The van der Waals surface area contributed by atoms with Crippen molar-refractivity contribution >= 4 is 23.7 Å². The lowest BCUT2D eigenvalue weighted by Crippen LogP contribution is -2.18. The van der Waals surface area contributed by atoms with Gasteiger partial charge in [0.2, 0.25) is 0 Å². The molecule has 0 saturated heterocycles. The second-order valence-corrected chi connectivity index (χ2v) is 3.62. The van der Waals surface area contributed by atoms with Crippen molar-refractivity contribution in [3.63, 3.8) is 0 Å². The Morgan fingerprint density at radius 2 is 2.00 bits per heavy atom. The zero-order valence-corrected chi connectivity index (χ0v) is 8.67. The van der Waals surface area contributed by atoms with Gasteiger partial charge in [0.05, 0.1) is 6.54 Å². The Labute approximate surface area is 82.9 Å². The lowest BCUT2D eigenvalue weighted by atomic mass is 10.3. The standard InChI is InChI=1S/C10H13NOS/c1-11(7-8-12)9-3-5-10(13-2)6-4-9/h3-6,8H,7H2,1-2H3. The molecule has 0 aliphatic carbocycles. The van der Waals surface area contributed by atoms with E-state index >= 15 is 0 Å². The summed E-state index contributed by atoms with van der Waals surface area (Å²) in [6.07, 6.45) is 2.95. The molecule has 1 aromatic carbocycles. The molecule has 0 N–H and O–H groups in total. The molecule has 0 spiro atoms. The third-order valence-corrected chi connectivity index (χ3v) is 2.61. The van der Waals surface area contributed by atoms with Crippen LogP contribution in [0.15, 0.2) is 29.2 Å². The fourth-order valence-electron chi connectivity index (χ4n) is 1.05. The van der Waals surface area contributed by atoms with Crippen LogP contribution in [0, 0.1) is 0 Å². The minimum atomic E-state index is 0.443. The van der Waals surface area contributed by atoms with Gasteiger partial charge in [0.1, 0.15) is 6.29 Å². The maximum atomic E-state index is 10.3. The Balaban J connectivity index is 2.73. The zero-order valence-electron chi connectivity index (χ0n) is 7.86. The van der Waals surface area contributed by atoms with Gasteiger partial charge in [-0.25, -0.2) is 0 Å². The van der Waals surface area contributed by atoms with Gasteiger partial charge in [-0.3, -0.25) is 0 Å². The van der Waals surface area contributed by atoms with Crippen LogP contribution in [0.3, 0.4) is 0 Å². The number of benzene rings is 1. The smallest absolute Gasteiger partial charge is 0.139 e. The van der Waals surface area contributed by atoms with Gasteiger partial charge in [0.15, 0.2) is 0 Å². The summed E-state index contributed by atoms with van der Waals surface area (Å²) in [5.41, 5.74) is 1.07. The average molecular weight is 195 g/mol. The molecular weight excluding hydrogens is 182 g/mol. The molecule has 70 valence electrons. The molecule has 0 radical (unpaired) electrons. The van der Waals surface area contributed by atoms with E-state index in [0.29, 0.717) is 6.54 Å². The monoisotopic (exact) mass is 195 g/mol. The highest BCUT2D eigenvalue weighted by atomic mass is 32.2. The SMILES string of the molecule is CSc1ccc(N(C)CC=O)cc1. The number of likely N-dealkylation sites (N-methyl/N-ethyl adjacent to an activating group) is 1. The molecule has 0 aromatic heterocycles. The van der Waals surface area contributed by atoms with Crippen LogP contribution in [0.1, 0.15) is 0 Å². The van der Waals surface area contributed by atoms with Gasteiger partial charge in [0, 0.05) is 17.6 Å². The first-order chi connectivity index (χ1) is 6.27. The van der Waals surface area contributed by atoms with Crippen molar-refractivity contribution in [3.05, 3.63) is 24.3 Å². The van der Waals surface area contributed by atoms with Crippen molar-refractivity contribution in [1.29, 1.82) is 0 Å². The molecule has 0 atom stereocenters. The van der Waals surface area contributed by atoms with E-state index < -0.39 is 0 Å². The summed E-state index contributed by atoms with van der Waals surface area (Å²) in [4.78, 5) is 13.4. The Bertz CT molecular complexity index is 271. The zero-order chi connectivity index (χ0) is 9.68. The van der Waals surface area contributed by atoms with E-state index in [2.05, 4.69) is 12.1 Å². The molecule has 0 saturated carbocycles. The number of thioether (sulfide) groups is 1. The van der Waals surface area contributed by atoms with E-state index in [-0.39, 0.29) is 0 Å². The summed E-state index contributed by atoms with van der Waals surface area (Å²) < 4.78 is 0. The first-order valence-corrected chi connectivity index (χ1v) is 5.29. The Morgan fingerprint density at radius 3 is 2.46 bits per heavy atom. The van der Waals surface area contributed by atoms with E-state index in [4.69, 9.17) is 0 Å². The van der Waals surface area contributed by atoms with Crippen molar-refractivity contribution in [3.8, 4) is 0 Å². The van der Waals surface area contributed by atoms with Crippen LogP contribution < -0.4 is 4.90 Å². The summed E-state index contributed by atoms with van der Waals surface area (Å²) in [6.45, 7) is 0.443. The molecule has 0 unspecified atom stereocenters. The van der Waals surface area contributed by atoms with Crippen LogP contribution in [-0.2, 0) is 4.79 Å². The largest absolute Gasteiger partial charge is 0.368 e. The number of hydrogen-bond acceptors (Lipinski definition) is 3. The molecule has 0 aliphatic rings. The van der Waals surface area contributed by atoms with E-state index in [1.54, 1.807) is 11.8 Å². The lowest BCUT2D eigenvalue weighted by molar-refractivity contribution is -0.106. The van der Waals surface area contributed by atoms with Crippen LogP contribution in [0.4, 0.5) is 5.69 Å². The van der Waals surface area contributed by atoms with Crippen LogP contribution in [0.5, 0.6) is 0 Å². The topological polar surface area (TPSA) is 20.3 Å². The van der Waals surface area contributed by atoms with Crippen molar-refractivity contribution in [2.75, 3.05) is 24.7 Å². The Kier molecular flexibility index (Phi) is 3.83. The van der Waals surface area contributed by atoms with Gasteiger partial charge in [-0.2, -0.15) is 0 Å². The van der Waals surface area contributed by atoms with Gasteiger partial charge in [-0.15, -0.1) is 11.8 Å². The molecule has 0 bridgehead atoms. The molecule has 0 amide bonds. The van der Waals surface area contributed by atoms with Gasteiger partial charge in [-0.05, 0) is 30.5 Å². The summed E-state index contributed by atoms with van der Waals surface area (Å²) in [7, 11) is 1.91. The minimum absolute atomic E-state index is 0.443. The van der Waals surface area contributed by atoms with E-state index in [0.717, 1.165) is 12.0 Å². The second kappa shape index (κ2) is 4.92. The van der Waals surface area contributed by atoms with Gasteiger partial charge >= 0.3 is 0 Å². The van der Waals surface area contributed by atoms with Crippen LogP contribution in [0.2, 0.25) is 0 Å². The molecule has 1 aromatic rings. The van der Waals surface area contributed by atoms with E-state index in [1.807, 2.05) is 30.3 Å². The number of carbonyl (C=O) groups excluding carboxylic acids is 1. The van der Waals surface area contributed by atoms with Gasteiger partial charge < -0.3 is 9.69 Å². The molecule has 0 fully saturated rings. The first kappa shape index (κ1) is 10.1. The maximum Gasteiger partial charge on any atom is 0.139 e.